The van der Waals surface area contributed by atoms with Gasteiger partial charge in [-0.1, -0.05) is 49.6 Å². The Morgan fingerprint density at radius 3 is 2.48 bits per heavy atom. The molecule has 2 fully saturated rings. The van der Waals surface area contributed by atoms with Crippen LogP contribution in [0.1, 0.15) is 50.5 Å². The highest BCUT2D eigenvalue weighted by Crippen LogP contribution is 2.47. The fraction of sp³-hybridized carbons (Fsp3) is 0.611. The van der Waals surface area contributed by atoms with E-state index in [4.69, 9.17) is 0 Å². The van der Waals surface area contributed by atoms with Crippen molar-refractivity contribution in [3.8, 4) is 0 Å². The summed E-state index contributed by atoms with van der Waals surface area (Å²) in [7, 11) is 1.88. The predicted molar refractivity (Wildman–Crippen MR) is 88.7 cm³/mol. The van der Waals surface area contributed by atoms with Crippen molar-refractivity contribution < 1.29 is 0 Å². The fourth-order valence-electron chi connectivity index (χ4n) is 3.40. The van der Waals surface area contributed by atoms with Crippen molar-refractivity contribution in [2.45, 2.75) is 56.4 Å². The van der Waals surface area contributed by atoms with Gasteiger partial charge in [0.1, 0.15) is 0 Å². The largest absolute Gasteiger partial charge is 0.356 e. The number of nitrogens with zero attached hydrogens (tertiary/aromatic N) is 1. The lowest BCUT2D eigenvalue weighted by Gasteiger charge is -2.26. The molecule has 0 bridgehead atoms. The van der Waals surface area contributed by atoms with E-state index in [2.05, 4.69) is 46.0 Å². The van der Waals surface area contributed by atoms with Crippen molar-refractivity contribution in [1.29, 1.82) is 0 Å². The van der Waals surface area contributed by atoms with E-state index in [1.54, 1.807) is 0 Å². The Morgan fingerprint density at radius 1 is 1.14 bits per heavy atom. The topological polar surface area (TPSA) is 36.4 Å². The maximum absolute atomic E-state index is 4.40. The minimum atomic E-state index is 0.339. The molecule has 0 unspecified atom stereocenters. The molecule has 21 heavy (non-hydrogen) atoms. The van der Waals surface area contributed by atoms with Gasteiger partial charge in [-0.2, -0.15) is 0 Å². The van der Waals surface area contributed by atoms with Crippen molar-refractivity contribution in [3.05, 3.63) is 35.9 Å². The Morgan fingerprint density at radius 2 is 1.86 bits per heavy atom. The molecule has 3 nitrogen and oxygen atoms in total. The second-order valence-electron chi connectivity index (χ2n) is 6.55. The molecule has 1 aromatic rings. The van der Waals surface area contributed by atoms with Gasteiger partial charge in [0.2, 0.25) is 0 Å². The number of rotatable bonds is 4. The Kier molecular flexibility index (Phi) is 4.47. The van der Waals surface area contributed by atoms with Gasteiger partial charge in [0.05, 0.1) is 0 Å². The number of aliphatic imine (C=N–C) groups is 1. The highest BCUT2D eigenvalue weighted by atomic mass is 15.2. The van der Waals surface area contributed by atoms with E-state index in [1.807, 2.05) is 7.05 Å². The number of hydrogen-bond acceptors (Lipinski definition) is 1. The standard InChI is InChI=1S/C18H27N3/c1-19-17(21-16-10-6-3-7-11-16)20-14-18(12-13-18)15-8-4-2-5-9-15/h2,4-5,8-9,16H,3,6-7,10-14H2,1H3,(H2,19,20,21). The minimum absolute atomic E-state index is 0.339. The third kappa shape index (κ3) is 3.58. The van der Waals surface area contributed by atoms with Crippen LogP contribution in [-0.4, -0.2) is 25.6 Å². The van der Waals surface area contributed by atoms with Crippen molar-refractivity contribution in [2.75, 3.05) is 13.6 Å². The molecule has 0 heterocycles. The van der Waals surface area contributed by atoms with Crippen molar-refractivity contribution >= 4 is 5.96 Å². The summed E-state index contributed by atoms with van der Waals surface area (Å²) < 4.78 is 0. The van der Waals surface area contributed by atoms with E-state index in [9.17, 15) is 0 Å². The summed E-state index contributed by atoms with van der Waals surface area (Å²) in [4.78, 5) is 4.40. The molecule has 3 heteroatoms. The molecule has 0 spiro atoms. The molecule has 2 aliphatic rings. The predicted octanol–water partition coefficient (Wildman–Crippen LogP) is 3.22. The number of benzene rings is 1. The lowest BCUT2D eigenvalue weighted by molar-refractivity contribution is 0.409. The minimum Gasteiger partial charge on any atom is -0.356 e. The van der Waals surface area contributed by atoms with Crippen LogP contribution in [-0.2, 0) is 5.41 Å². The molecule has 0 aliphatic heterocycles. The van der Waals surface area contributed by atoms with Gasteiger partial charge >= 0.3 is 0 Å². The first-order valence-corrected chi connectivity index (χ1v) is 8.35. The zero-order valence-corrected chi connectivity index (χ0v) is 13.1. The van der Waals surface area contributed by atoms with Crippen LogP contribution in [0, 0.1) is 0 Å². The summed E-state index contributed by atoms with van der Waals surface area (Å²) in [5.41, 5.74) is 1.80. The first-order chi connectivity index (χ1) is 10.3. The molecule has 0 radical (unpaired) electrons. The normalized spacial score (nSPS) is 21.9. The van der Waals surface area contributed by atoms with Crippen LogP contribution < -0.4 is 10.6 Å². The fourth-order valence-corrected chi connectivity index (χ4v) is 3.40. The summed E-state index contributed by atoms with van der Waals surface area (Å²) in [6.07, 6.45) is 9.22. The quantitative estimate of drug-likeness (QED) is 0.658. The molecular formula is C18H27N3. The van der Waals surface area contributed by atoms with E-state index in [-0.39, 0.29) is 0 Å². The lowest BCUT2D eigenvalue weighted by Crippen LogP contribution is -2.46. The number of nitrogens with one attached hydrogen (secondary N) is 2. The van der Waals surface area contributed by atoms with Gasteiger partial charge in [0.15, 0.2) is 5.96 Å². The van der Waals surface area contributed by atoms with Gasteiger partial charge in [-0.3, -0.25) is 4.99 Å². The van der Waals surface area contributed by atoms with E-state index < -0.39 is 0 Å². The van der Waals surface area contributed by atoms with Crippen LogP contribution in [0.15, 0.2) is 35.3 Å². The third-order valence-electron chi connectivity index (χ3n) is 5.00. The van der Waals surface area contributed by atoms with Gasteiger partial charge in [-0.25, -0.2) is 0 Å². The summed E-state index contributed by atoms with van der Waals surface area (Å²) in [5.74, 6) is 0.976. The van der Waals surface area contributed by atoms with Crippen LogP contribution in [0.5, 0.6) is 0 Å². The Hall–Kier alpha value is -1.51. The second kappa shape index (κ2) is 6.50. The van der Waals surface area contributed by atoms with Gasteiger partial charge in [-0.15, -0.1) is 0 Å². The number of hydrogen-bond donors (Lipinski definition) is 2. The SMILES string of the molecule is CN=C(NCC1(c2ccccc2)CC1)NC1CCCCC1. The van der Waals surface area contributed by atoms with Gasteiger partial charge < -0.3 is 10.6 Å². The first kappa shape index (κ1) is 14.4. The van der Waals surface area contributed by atoms with E-state index in [0.29, 0.717) is 11.5 Å². The van der Waals surface area contributed by atoms with Crippen molar-refractivity contribution in [3.63, 3.8) is 0 Å². The smallest absolute Gasteiger partial charge is 0.191 e. The molecule has 0 aromatic heterocycles. The molecule has 1 aromatic carbocycles. The molecule has 2 N–H and O–H groups in total. The highest BCUT2D eigenvalue weighted by molar-refractivity contribution is 5.80. The molecule has 2 aliphatic carbocycles. The molecule has 114 valence electrons. The average Bonchev–Trinajstić information content (AvgIpc) is 3.34. The molecule has 0 atom stereocenters. The summed E-state index contributed by atoms with van der Waals surface area (Å²) in [6, 6.07) is 11.5. The van der Waals surface area contributed by atoms with Crippen LogP contribution >= 0.6 is 0 Å². The summed E-state index contributed by atoms with van der Waals surface area (Å²) in [6.45, 7) is 0.989. The van der Waals surface area contributed by atoms with E-state index >= 15 is 0 Å². The zero-order chi connectivity index (χ0) is 14.5. The van der Waals surface area contributed by atoms with Crippen LogP contribution in [0.3, 0.4) is 0 Å². The van der Waals surface area contributed by atoms with Crippen molar-refractivity contribution in [1.82, 2.24) is 10.6 Å². The van der Waals surface area contributed by atoms with Gasteiger partial charge in [0.25, 0.3) is 0 Å². The summed E-state index contributed by atoms with van der Waals surface area (Å²) >= 11 is 0. The first-order valence-electron chi connectivity index (χ1n) is 8.35. The van der Waals surface area contributed by atoms with Crippen molar-refractivity contribution in [2.24, 2.45) is 4.99 Å². The third-order valence-corrected chi connectivity index (χ3v) is 5.00. The Bertz CT molecular complexity index is 470. The lowest BCUT2D eigenvalue weighted by atomic mass is 9.95. The molecule has 2 saturated carbocycles. The molecule has 0 amide bonds. The van der Waals surface area contributed by atoms with Crippen LogP contribution in [0.4, 0.5) is 0 Å². The van der Waals surface area contributed by atoms with Gasteiger partial charge in [0, 0.05) is 25.0 Å². The highest BCUT2D eigenvalue weighted by Gasteiger charge is 2.44. The zero-order valence-electron chi connectivity index (χ0n) is 13.1. The van der Waals surface area contributed by atoms with E-state index in [0.717, 1.165) is 12.5 Å². The number of guanidine groups is 1. The summed E-state index contributed by atoms with van der Waals surface area (Å²) in [5, 5.41) is 7.15. The average molecular weight is 285 g/mol. The maximum Gasteiger partial charge on any atom is 0.191 e. The molecule has 0 saturated heterocycles. The van der Waals surface area contributed by atoms with Crippen LogP contribution in [0.25, 0.3) is 0 Å². The second-order valence-corrected chi connectivity index (χ2v) is 6.55. The maximum atomic E-state index is 4.40. The van der Waals surface area contributed by atoms with Crippen LogP contribution in [0.2, 0.25) is 0 Å². The Balaban J connectivity index is 1.53. The molecule has 3 rings (SSSR count). The van der Waals surface area contributed by atoms with E-state index in [1.165, 1.54) is 50.5 Å². The Labute approximate surface area is 128 Å². The van der Waals surface area contributed by atoms with Gasteiger partial charge in [-0.05, 0) is 31.2 Å². The molecular weight excluding hydrogens is 258 g/mol. The monoisotopic (exact) mass is 285 g/mol.